The molecule has 0 saturated carbocycles. The summed E-state index contributed by atoms with van der Waals surface area (Å²) in [6, 6.07) is 4.57. The molecule has 78 valence electrons. The molecule has 0 aliphatic carbocycles. The number of halogens is 2. The lowest BCUT2D eigenvalue weighted by Gasteiger charge is -2.05. The van der Waals surface area contributed by atoms with Crippen molar-refractivity contribution in [3.63, 3.8) is 0 Å². The van der Waals surface area contributed by atoms with Crippen molar-refractivity contribution in [2.24, 2.45) is 5.11 Å². The molecule has 0 N–H and O–H groups in total. The highest BCUT2D eigenvalue weighted by molar-refractivity contribution is 6.35. The quantitative estimate of drug-likeness (QED) is 0.466. The summed E-state index contributed by atoms with van der Waals surface area (Å²) in [6.07, 6.45) is 0. The van der Waals surface area contributed by atoms with Gasteiger partial charge in [-0.2, -0.15) is 0 Å². The molecule has 0 aliphatic rings. The highest BCUT2D eigenvalue weighted by Gasteiger charge is 2.04. The Morgan fingerprint density at radius 1 is 1.53 bits per heavy atom. The Hall–Kier alpha value is -1.42. The molecule has 0 heterocycles. The molecule has 0 aromatic heterocycles. The predicted octanol–water partition coefficient (Wildman–Crippen LogP) is 3.21. The van der Waals surface area contributed by atoms with Gasteiger partial charge in [0.15, 0.2) is 6.61 Å². The first-order valence-electron chi connectivity index (χ1n) is 3.79. The van der Waals surface area contributed by atoms with Crippen LogP contribution >= 0.6 is 23.2 Å². The van der Waals surface area contributed by atoms with E-state index in [9.17, 15) is 4.79 Å². The molecule has 0 fully saturated rings. The summed E-state index contributed by atoms with van der Waals surface area (Å²) in [5, 5.41) is 3.59. The molecule has 0 aliphatic heterocycles. The van der Waals surface area contributed by atoms with Crippen LogP contribution in [0.25, 0.3) is 10.4 Å². The smallest absolute Gasteiger partial charge is 0.256 e. The van der Waals surface area contributed by atoms with Gasteiger partial charge in [0.2, 0.25) is 0 Å². The number of hydrogen-bond donors (Lipinski definition) is 0. The lowest BCUT2D eigenvalue weighted by atomic mass is 10.3. The highest BCUT2D eigenvalue weighted by atomic mass is 35.5. The molecule has 0 radical (unpaired) electrons. The van der Waals surface area contributed by atoms with E-state index in [1.165, 1.54) is 12.1 Å². The SMILES string of the molecule is [N-]=[N+]=NC(=O)COc1ccc(Cl)cc1Cl. The first-order valence-corrected chi connectivity index (χ1v) is 4.55. The zero-order valence-corrected chi connectivity index (χ0v) is 8.87. The summed E-state index contributed by atoms with van der Waals surface area (Å²) in [5.74, 6) is -0.411. The Kier molecular flexibility index (Phi) is 4.24. The Morgan fingerprint density at radius 3 is 2.87 bits per heavy atom. The van der Waals surface area contributed by atoms with Gasteiger partial charge in [0, 0.05) is 9.93 Å². The molecular weight excluding hydrogens is 241 g/mol. The molecule has 1 rings (SSSR count). The van der Waals surface area contributed by atoms with E-state index in [-0.39, 0.29) is 11.6 Å². The third-order valence-corrected chi connectivity index (χ3v) is 1.93. The van der Waals surface area contributed by atoms with Crippen LogP contribution < -0.4 is 4.74 Å². The fourth-order valence-corrected chi connectivity index (χ4v) is 1.27. The summed E-state index contributed by atoms with van der Waals surface area (Å²) in [6.45, 7) is -0.356. The lowest BCUT2D eigenvalue weighted by molar-refractivity contribution is -0.119. The van der Waals surface area contributed by atoms with E-state index in [4.69, 9.17) is 33.5 Å². The van der Waals surface area contributed by atoms with Gasteiger partial charge in [0.05, 0.1) is 5.02 Å². The van der Waals surface area contributed by atoms with Crippen molar-refractivity contribution in [2.45, 2.75) is 0 Å². The topological polar surface area (TPSA) is 75.1 Å². The Bertz CT molecular complexity index is 430. The predicted molar refractivity (Wildman–Crippen MR) is 56.1 cm³/mol. The molecule has 1 aromatic carbocycles. The van der Waals surface area contributed by atoms with Crippen molar-refractivity contribution in [1.29, 1.82) is 0 Å². The molecule has 0 bridgehead atoms. The molecule has 7 heteroatoms. The Morgan fingerprint density at radius 2 is 2.27 bits per heavy atom. The number of amides is 1. The largest absolute Gasteiger partial charge is 0.484 e. The number of benzene rings is 1. The van der Waals surface area contributed by atoms with Gasteiger partial charge in [0.25, 0.3) is 5.91 Å². The average molecular weight is 246 g/mol. The average Bonchev–Trinajstić information content (AvgIpc) is 2.17. The number of rotatable bonds is 3. The molecule has 5 nitrogen and oxygen atoms in total. The third-order valence-electron chi connectivity index (χ3n) is 1.40. The molecule has 1 aromatic rings. The fraction of sp³-hybridized carbons (Fsp3) is 0.125. The van der Waals surface area contributed by atoms with Gasteiger partial charge in [0.1, 0.15) is 5.75 Å². The molecule has 0 saturated heterocycles. The molecular formula is C8H5Cl2N3O2. The van der Waals surface area contributed by atoms with Gasteiger partial charge in [-0.05, 0) is 28.8 Å². The first kappa shape index (κ1) is 11.7. The highest BCUT2D eigenvalue weighted by Crippen LogP contribution is 2.27. The van der Waals surface area contributed by atoms with Crippen molar-refractivity contribution >= 4 is 29.1 Å². The molecule has 15 heavy (non-hydrogen) atoms. The van der Waals surface area contributed by atoms with Gasteiger partial charge >= 0.3 is 0 Å². The van der Waals surface area contributed by atoms with E-state index in [1.807, 2.05) is 0 Å². The van der Waals surface area contributed by atoms with Crippen LogP contribution in [-0.4, -0.2) is 12.5 Å². The van der Waals surface area contributed by atoms with E-state index in [2.05, 4.69) is 10.0 Å². The van der Waals surface area contributed by atoms with Crippen LogP contribution in [0.4, 0.5) is 0 Å². The Balaban J connectivity index is 2.65. The van der Waals surface area contributed by atoms with E-state index >= 15 is 0 Å². The number of hydrogen-bond acceptors (Lipinski definition) is 2. The van der Waals surface area contributed by atoms with Gasteiger partial charge in [-0.25, -0.2) is 0 Å². The van der Waals surface area contributed by atoms with Crippen molar-refractivity contribution in [3.8, 4) is 5.75 Å². The number of ether oxygens (including phenoxy) is 1. The summed E-state index contributed by atoms with van der Waals surface area (Å²) in [5.41, 5.74) is 7.96. The maximum atomic E-state index is 10.8. The minimum atomic E-state index is -0.719. The second-order valence-corrected chi connectivity index (χ2v) is 3.29. The van der Waals surface area contributed by atoms with E-state index in [1.54, 1.807) is 6.07 Å². The van der Waals surface area contributed by atoms with E-state index in [0.29, 0.717) is 10.8 Å². The summed E-state index contributed by atoms with van der Waals surface area (Å²) in [4.78, 5) is 13.1. The van der Waals surface area contributed by atoms with E-state index < -0.39 is 5.91 Å². The summed E-state index contributed by atoms with van der Waals surface area (Å²) >= 11 is 11.4. The maximum Gasteiger partial charge on any atom is 0.256 e. The van der Waals surface area contributed by atoms with E-state index in [0.717, 1.165) is 0 Å². The molecule has 0 atom stereocenters. The van der Waals surface area contributed by atoms with Crippen LogP contribution in [0.2, 0.25) is 10.0 Å². The first-order chi connectivity index (χ1) is 7.13. The fourth-order valence-electron chi connectivity index (χ4n) is 0.811. The minimum absolute atomic E-state index is 0.288. The van der Waals surface area contributed by atoms with Gasteiger partial charge in [-0.3, -0.25) is 4.79 Å². The van der Waals surface area contributed by atoms with Gasteiger partial charge < -0.3 is 4.74 Å². The zero-order chi connectivity index (χ0) is 11.3. The van der Waals surface area contributed by atoms with Crippen LogP contribution in [0, 0.1) is 0 Å². The second kappa shape index (κ2) is 5.46. The number of azide groups is 1. The number of carbonyl (C=O) groups excluding carboxylic acids is 1. The number of nitrogens with zero attached hydrogens (tertiary/aromatic N) is 3. The normalized spacial score (nSPS) is 9.20. The molecule has 1 amide bonds. The second-order valence-electron chi connectivity index (χ2n) is 2.45. The number of carbonyl (C=O) groups is 1. The van der Waals surface area contributed by atoms with Crippen LogP contribution in [0.15, 0.2) is 23.3 Å². The van der Waals surface area contributed by atoms with Crippen LogP contribution in [0.3, 0.4) is 0 Å². The third kappa shape index (κ3) is 3.67. The Labute approximate surface area is 95.2 Å². The van der Waals surface area contributed by atoms with Crippen molar-refractivity contribution in [3.05, 3.63) is 38.7 Å². The van der Waals surface area contributed by atoms with Crippen LogP contribution in [0.5, 0.6) is 5.75 Å². The monoisotopic (exact) mass is 245 g/mol. The lowest BCUT2D eigenvalue weighted by Crippen LogP contribution is -2.07. The van der Waals surface area contributed by atoms with Crippen molar-refractivity contribution in [1.82, 2.24) is 0 Å². The zero-order valence-electron chi connectivity index (χ0n) is 7.35. The van der Waals surface area contributed by atoms with Gasteiger partial charge in [-0.15, -0.1) is 0 Å². The summed E-state index contributed by atoms with van der Waals surface area (Å²) in [7, 11) is 0. The van der Waals surface area contributed by atoms with Gasteiger partial charge in [-0.1, -0.05) is 23.2 Å². The van der Waals surface area contributed by atoms with Crippen molar-refractivity contribution in [2.75, 3.05) is 6.61 Å². The minimum Gasteiger partial charge on any atom is -0.484 e. The molecule has 0 spiro atoms. The van der Waals surface area contributed by atoms with Crippen molar-refractivity contribution < 1.29 is 9.53 Å². The van der Waals surface area contributed by atoms with Crippen LogP contribution in [0.1, 0.15) is 0 Å². The molecule has 0 unspecified atom stereocenters. The summed E-state index contributed by atoms with van der Waals surface area (Å²) < 4.78 is 5.00. The maximum absolute atomic E-state index is 10.8. The van der Waals surface area contributed by atoms with Crippen LogP contribution in [-0.2, 0) is 4.79 Å². The standard InChI is InChI=1S/C8H5Cl2N3O2/c9-5-1-2-7(6(10)3-5)15-4-8(14)12-13-11/h1-3H,4H2.